The van der Waals surface area contributed by atoms with Gasteiger partial charge in [-0.05, 0) is 54.4 Å². The van der Waals surface area contributed by atoms with Crippen molar-refractivity contribution in [1.29, 1.82) is 0 Å². The highest BCUT2D eigenvalue weighted by Gasteiger charge is 2.30. The number of aryl methyl sites for hydroxylation is 1. The van der Waals surface area contributed by atoms with E-state index in [1.807, 2.05) is 13.0 Å². The second kappa shape index (κ2) is 6.51. The van der Waals surface area contributed by atoms with Crippen molar-refractivity contribution in [3.8, 4) is 0 Å². The number of hydrogen-bond acceptors (Lipinski definition) is 2. The third kappa shape index (κ3) is 3.52. The van der Waals surface area contributed by atoms with Crippen LogP contribution in [-0.4, -0.2) is 12.8 Å². The number of fused-ring (bicyclic) bond motifs is 1. The van der Waals surface area contributed by atoms with Crippen LogP contribution in [0.4, 0.5) is 19.0 Å². The SMILES string of the molecule is CCc1cc2c(Cl)ccc(NS(=O)(=O)c3ccc(C(F)(F)F)cc3)n2c1. The number of aromatic nitrogens is 1. The standard InChI is InChI=1S/C17H14ClF3N2O2S/c1-2-11-9-15-14(18)7-8-16(23(15)10-11)22-26(24,25)13-5-3-12(4-6-13)17(19,20)21/h3-10,22H,2H2,1H3. The van der Waals surface area contributed by atoms with Gasteiger partial charge in [0, 0.05) is 6.20 Å². The molecule has 9 heteroatoms. The van der Waals surface area contributed by atoms with E-state index in [-0.39, 0.29) is 10.7 Å². The normalized spacial score (nSPS) is 12.5. The summed E-state index contributed by atoms with van der Waals surface area (Å²) in [4.78, 5) is -0.267. The monoisotopic (exact) mass is 402 g/mol. The Morgan fingerprint density at radius 2 is 1.77 bits per heavy atom. The molecule has 0 fully saturated rings. The topological polar surface area (TPSA) is 50.6 Å². The molecule has 2 aromatic heterocycles. The average molecular weight is 403 g/mol. The predicted molar refractivity (Wildman–Crippen MR) is 94.0 cm³/mol. The lowest BCUT2D eigenvalue weighted by Gasteiger charge is -2.12. The van der Waals surface area contributed by atoms with E-state index in [1.54, 1.807) is 16.7 Å². The van der Waals surface area contributed by atoms with Crippen molar-refractivity contribution in [2.24, 2.45) is 0 Å². The van der Waals surface area contributed by atoms with Gasteiger partial charge in [0.25, 0.3) is 10.0 Å². The minimum atomic E-state index is -4.53. The zero-order valence-electron chi connectivity index (χ0n) is 13.5. The highest BCUT2D eigenvalue weighted by atomic mass is 35.5. The van der Waals surface area contributed by atoms with Crippen LogP contribution in [0.15, 0.2) is 53.6 Å². The second-order valence-corrected chi connectivity index (χ2v) is 7.74. The number of halogens is 4. The number of hydrogen-bond donors (Lipinski definition) is 1. The van der Waals surface area contributed by atoms with Crippen LogP contribution in [0.1, 0.15) is 18.1 Å². The number of benzene rings is 1. The van der Waals surface area contributed by atoms with Gasteiger partial charge in [0.15, 0.2) is 0 Å². The zero-order valence-corrected chi connectivity index (χ0v) is 15.1. The van der Waals surface area contributed by atoms with Crippen molar-refractivity contribution in [3.63, 3.8) is 0 Å². The van der Waals surface area contributed by atoms with E-state index >= 15 is 0 Å². The van der Waals surface area contributed by atoms with Gasteiger partial charge < -0.3 is 4.40 Å². The van der Waals surface area contributed by atoms with E-state index in [0.717, 1.165) is 36.2 Å². The summed E-state index contributed by atoms with van der Waals surface area (Å²) in [5.74, 6) is 0.240. The summed E-state index contributed by atoms with van der Waals surface area (Å²) in [5.41, 5.74) is 0.688. The molecule has 0 unspecified atom stereocenters. The van der Waals surface area contributed by atoms with Crippen LogP contribution >= 0.6 is 11.6 Å². The summed E-state index contributed by atoms with van der Waals surface area (Å²) in [5, 5.41) is 0.460. The highest BCUT2D eigenvalue weighted by Crippen LogP contribution is 2.30. The summed E-state index contributed by atoms with van der Waals surface area (Å²) in [7, 11) is -4.06. The number of anilines is 1. The molecule has 3 rings (SSSR count). The van der Waals surface area contributed by atoms with Gasteiger partial charge in [0.2, 0.25) is 0 Å². The molecule has 0 aliphatic carbocycles. The molecule has 26 heavy (non-hydrogen) atoms. The second-order valence-electron chi connectivity index (χ2n) is 5.65. The summed E-state index contributed by atoms with van der Waals surface area (Å²) in [6, 6.07) is 8.21. The Kier molecular flexibility index (Phi) is 4.66. The summed E-state index contributed by atoms with van der Waals surface area (Å²) in [6.45, 7) is 1.95. The zero-order chi connectivity index (χ0) is 19.1. The van der Waals surface area contributed by atoms with Crippen molar-refractivity contribution in [2.75, 3.05) is 4.72 Å². The minimum absolute atomic E-state index is 0.240. The quantitative estimate of drug-likeness (QED) is 0.669. The summed E-state index contributed by atoms with van der Waals surface area (Å²) >= 11 is 6.14. The van der Waals surface area contributed by atoms with Gasteiger partial charge in [-0.15, -0.1) is 0 Å². The summed E-state index contributed by atoms with van der Waals surface area (Å²) < 4.78 is 66.9. The Bertz CT molecular complexity index is 1060. The van der Waals surface area contributed by atoms with E-state index in [4.69, 9.17) is 11.6 Å². The van der Waals surface area contributed by atoms with Crippen molar-refractivity contribution < 1.29 is 21.6 Å². The molecule has 0 bridgehead atoms. The smallest absolute Gasteiger partial charge is 0.301 e. The van der Waals surface area contributed by atoms with Crippen LogP contribution in [0.25, 0.3) is 5.52 Å². The molecule has 0 aliphatic rings. The largest absolute Gasteiger partial charge is 0.416 e. The van der Waals surface area contributed by atoms with E-state index in [0.29, 0.717) is 10.5 Å². The first kappa shape index (κ1) is 18.6. The molecule has 1 aromatic carbocycles. The molecule has 138 valence electrons. The highest BCUT2D eigenvalue weighted by molar-refractivity contribution is 7.92. The fourth-order valence-electron chi connectivity index (χ4n) is 2.52. The Balaban J connectivity index is 1.99. The Labute approximate surface area is 153 Å². The molecule has 4 nitrogen and oxygen atoms in total. The van der Waals surface area contributed by atoms with Crippen LogP contribution in [0.3, 0.4) is 0 Å². The van der Waals surface area contributed by atoms with Crippen LogP contribution in [0, 0.1) is 0 Å². The minimum Gasteiger partial charge on any atom is -0.301 e. The maximum absolute atomic E-state index is 12.6. The number of nitrogens with one attached hydrogen (secondary N) is 1. The lowest BCUT2D eigenvalue weighted by molar-refractivity contribution is -0.137. The third-order valence-electron chi connectivity index (χ3n) is 3.91. The molecule has 0 radical (unpaired) electrons. The lowest BCUT2D eigenvalue weighted by atomic mass is 10.2. The Morgan fingerprint density at radius 1 is 1.12 bits per heavy atom. The number of pyridine rings is 1. The number of nitrogens with zero attached hydrogens (tertiary/aromatic N) is 1. The molecule has 1 N–H and O–H groups in total. The van der Waals surface area contributed by atoms with Crippen LogP contribution in [-0.2, 0) is 22.6 Å². The van der Waals surface area contributed by atoms with Crippen LogP contribution in [0.2, 0.25) is 5.02 Å². The maximum Gasteiger partial charge on any atom is 0.416 e. The molecule has 0 atom stereocenters. The lowest BCUT2D eigenvalue weighted by Crippen LogP contribution is -2.15. The van der Waals surface area contributed by atoms with E-state index in [1.165, 1.54) is 6.07 Å². The molecular weight excluding hydrogens is 389 g/mol. The molecule has 0 saturated carbocycles. The molecular formula is C17H14ClF3N2O2S. The van der Waals surface area contributed by atoms with Gasteiger partial charge in [-0.1, -0.05) is 18.5 Å². The molecule has 2 heterocycles. The van der Waals surface area contributed by atoms with Crippen LogP contribution in [0.5, 0.6) is 0 Å². The maximum atomic E-state index is 12.6. The van der Waals surface area contributed by atoms with Crippen molar-refractivity contribution in [3.05, 3.63) is 64.8 Å². The van der Waals surface area contributed by atoms with Gasteiger partial charge in [-0.2, -0.15) is 13.2 Å². The molecule has 3 aromatic rings. The first-order valence-corrected chi connectivity index (χ1v) is 9.47. The Morgan fingerprint density at radius 3 is 2.35 bits per heavy atom. The fraction of sp³-hybridized carbons (Fsp3) is 0.176. The molecule has 0 aliphatic heterocycles. The molecule has 0 spiro atoms. The fourth-order valence-corrected chi connectivity index (χ4v) is 3.78. The Hall–Kier alpha value is -2.19. The average Bonchev–Trinajstić information content (AvgIpc) is 3.02. The van der Waals surface area contributed by atoms with Crippen molar-refractivity contribution in [1.82, 2.24) is 4.40 Å². The van der Waals surface area contributed by atoms with E-state index in [9.17, 15) is 21.6 Å². The van der Waals surface area contributed by atoms with E-state index < -0.39 is 21.8 Å². The van der Waals surface area contributed by atoms with E-state index in [2.05, 4.69) is 4.72 Å². The summed E-state index contributed by atoms with van der Waals surface area (Å²) in [6.07, 6.45) is -2.03. The number of sulfonamides is 1. The first-order valence-electron chi connectivity index (χ1n) is 7.61. The van der Waals surface area contributed by atoms with Gasteiger partial charge in [-0.25, -0.2) is 8.42 Å². The third-order valence-corrected chi connectivity index (χ3v) is 5.60. The number of rotatable bonds is 4. The van der Waals surface area contributed by atoms with Gasteiger partial charge in [0.1, 0.15) is 5.82 Å². The van der Waals surface area contributed by atoms with Gasteiger partial charge >= 0.3 is 6.18 Å². The van der Waals surface area contributed by atoms with Crippen LogP contribution < -0.4 is 4.72 Å². The van der Waals surface area contributed by atoms with Crippen molar-refractivity contribution >= 4 is 33.0 Å². The first-order chi connectivity index (χ1) is 12.1. The number of alkyl halides is 3. The van der Waals surface area contributed by atoms with Crippen molar-refractivity contribution in [2.45, 2.75) is 24.4 Å². The molecule has 0 amide bonds. The van der Waals surface area contributed by atoms with Gasteiger partial charge in [-0.3, -0.25) is 4.72 Å². The predicted octanol–water partition coefficient (Wildman–Crippen LogP) is 4.97. The molecule has 0 saturated heterocycles. The van der Waals surface area contributed by atoms with Gasteiger partial charge in [0.05, 0.1) is 21.0 Å².